The van der Waals surface area contributed by atoms with Crippen molar-refractivity contribution in [2.24, 2.45) is 0 Å². The second kappa shape index (κ2) is 18.8. The molecule has 2 aliphatic rings. The number of carbonyl (C=O) groups is 3. The van der Waals surface area contributed by atoms with Crippen LogP contribution in [0.25, 0.3) is 11.3 Å². The van der Waals surface area contributed by atoms with E-state index in [1.54, 1.807) is 16.9 Å². The molecule has 0 bridgehead atoms. The molecular formula is C49H44F4N8O4. The second-order valence-electron chi connectivity index (χ2n) is 16.2. The lowest BCUT2D eigenvalue weighted by atomic mass is 9.75. The van der Waals surface area contributed by atoms with Gasteiger partial charge in [0.25, 0.3) is 5.91 Å². The number of nitrogens with zero attached hydrogens (tertiary/aromatic N) is 7. The van der Waals surface area contributed by atoms with Crippen LogP contribution in [0.4, 0.5) is 28.0 Å². The highest BCUT2D eigenvalue weighted by Gasteiger charge is 2.61. The molecule has 1 saturated heterocycles. The minimum Gasteiger partial charge on any atom is -0.305 e. The largest absolute Gasteiger partial charge is 0.419 e. The molecule has 2 aromatic heterocycles. The SMILES string of the molecule is N#Cc1ncc(N2C(=O)N(Cc3ccc(-c4cn(CCCCCCCC(=O)NOC(c5ccccc5)(c5ccccc5)c5ccccc5)nn4)cc3F)C3(CCC3)C2=O)cc1C(F)(F)F. The summed E-state index contributed by atoms with van der Waals surface area (Å²) >= 11 is 0. The minimum atomic E-state index is -4.95. The lowest BCUT2D eigenvalue weighted by molar-refractivity contribution is -0.143. The molecule has 1 spiro atoms. The third-order valence-corrected chi connectivity index (χ3v) is 12.1. The number of rotatable bonds is 17. The highest BCUT2D eigenvalue weighted by Crippen LogP contribution is 2.47. The Morgan fingerprint density at radius 1 is 0.831 bits per heavy atom. The quantitative estimate of drug-likeness (QED) is 0.0313. The fourth-order valence-electron chi connectivity index (χ4n) is 8.55. The molecule has 0 atom stereocenters. The number of alkyl halides is 3. The second-order valence-corrected chi connectivity index (χ2v) is 16.2. The van der Waals surface area contributed by atoms with Crippen LogP contribution in [0.3, 0.4) is 0 Å². The molecule has 1 aliphatic carbocycles. The average Bonchev–Trinajstić information content (AvgIpc) is 3.87. The van der Waals surface area contributed by atoms with Crippen molar-refractivity contribution >= 4 is 23.5 Å². The van der Waals surface area contributed by atoms with Crippen molar-refractivity contribution in [1.29, 1.82) is 5.26 Å². The molecule has 8 rings (SSSR count). The Balaban J connectivity index is 0.819. The first-order valence-electron chi connectivity index (χ1n) is 21.4. The predicted octanol–water partition coefficient (Wildman–Crippen LogP) is 9.64. The number of halogens is 4. The van der Waals surface area contributed by atoms with Crippen LogP contribution in [-0.2, 0) is 39.3 Å². The number of anilines is 1. The van der Waals surface area contributed by atoms with Gasteiger partial charge in [-0.25, -0.2) is 24.5 Å². The molecule has 12 nitrogen and oxygen atoms in total. The molecule has 1 saturated carbocycles. The van der Waals surface area contributed by atoms with Crippen LogP contribution in [0, 0.1) is 17.1 Å². The van der Waals surface area contributed by atoms with E-state index in [0.717, 1.165) is 48.6 Å². The van der Waals surface area contributed by atoms with Crippen LogP contribution in [0.5, 0.6) is 0 Å². The van der Waals surface area contributed by atoms with Gasteiger partial charge in [-0.2, -0.15) is 18.4 Å². The molecule has 1 N–H and O–H groups in total. The van der Waals surface area contributed by atoms with Crippen LogP contribution >= 0.6 is 0 Å². The molecule has 0 radical (unpaired) electrons. The van der Waals surface area contributed by atoms with Gasteiger partial charge in [-0.1, -0.05) is 128 Å². The zero-order chi connectivity index (χ0) is 45.6. The van der Waals surface area contributed by atoms with E-state index in [1.807, 2.05) is 91.0 Å². The Labute approximate surface area is 372 Å². The molecule has 6 aromatic rings. The molecule has 3 heterocycles. The van der Waals surface area contributed by atoms with Gasteiger partial charge in [0.1, 0.15) is 23.1 Å². The number of benzene rings is 4. The van der Waals surface area contributed by atoms with Gasteiger partial charge < -0.3 is 4.90 Å². The number of hydroxylamine groups is 1. The van der Waals surface area contributed by atoms with Gasteiger partial charge in [-0.15, -0.1) is 5.10 Å². The number of unbranched alkanes of at least 4 members (excludes halogenated alkanes) is 4. The zero-order valence-electron chi connectivity index (χ0n) is 35.2. The fraction of sp³-hybridized carbons (Fsp3) is 0.286. The topological polar surface area (TPSA) is 146 Å². The molecule has 4 aromatic carbocycles. The summed E-state index contributed by atoms with van der Waals surface area (Å²) in [6.45, 7) is 0.275. The van der Waals surface area contributed by atoms with Gasteiger partial charge in [0.15, 0.2) is 11.3 Å². The summed E-state index contributed by atoms with van der Waals surface area (Å²) in [6, 6.07) is 34.9. The van der Waals surface area contributed by atoms with Gasteiger partial charge in [0, 0.05) is 24.1 Å². The van der Waals surface area contributed by atoms with Crippen LogP contribution < -0.4 is 10.4 Å². The maximum absolute atomic E-state index is 15.7. The number of amides is 4. The lowest BCUT2D eigenvalue weighted by Crippen LogP contribution is -2.54. The normalized spacial score (nSPS) is 14.7. The van der Waals surface area contributed by atoms with Crippen molar-refractivity contribution < 1.29 is 36.8 Å². The van der Waals surface area contributed by atoms with E-state index in [4.69, 9.17) is 10.1 Å². The van der Waals surface area contributed by atoms with Gasteiger partial charge in [0.2, 0.25) is 5.91 Å². The molecule has 65 heavy (non-hydrogen) atoms. The molecule has 0 unspecified atom stereocenters. The van der Waals surface area contributed by atoms with E-state index >= 15 is 4.39 Å². The summed E-state index contributed by atoms with van der Waals surface area (Å²) in [5, 5.41) is 17.6. The molecule has 332 valence electrons. The Hall–Kier alpha value is -7.25. The first-order valence-corrected chi connectivity index (χ1v) is 21.4. The van der Waals surface area contributed by atoms with E-state index in [9.17, 15) is 27.6 Å². The number of pyridine rings is 1. The molecule has 1 aliphatic heterocycles. The number of hydrogen-bond donors (Lipinski definition) is 1. The van der Waals surface area contributed by atoms with E-state index in [-0.39, 0.29) is 30.9 Å². The molecule has 2 fully saturated rings. The Bertz CT molecular complexity index is 2610. The number of carbonyl (C=O) groups excluding carboxylic acids is 3. The van der Waals surface area contributed by atoms with E-state index < -0.39 is 52.0 Å². The summed E-state index contributed by atoms with van der Waals surface area (Å²) in [4.78, 5) is 52.3. The maximum Gasteiger partial charge on any atom is 0.419 e. The summed E-state index contributed by atoms with van der Waals surface area (Å²) < 4.78 is 58.5. The van der Waals surface area contributed by atoms with E-state index in [0.29, 0.717) is 48.0 Å². The summed E-state index contributed by atoms with van der Waals surface area (Å²) in [5.74, 6) is -1.59. The van der Waals surface area contributed by atoms with Crippen molar-refractivity contribution in [2.75, 3.05) is 4.90 Å². The number of aryl methyl sites for hydroxylation is 1. The highest BCUT2D eigenvalue weighted by atomic mass is 19.4. The van der Waals surface area contributed by atoms with Crippen molar-refractivity contribution in [3.8, 4) is 17.3 Å². The summed E-state index contributed by atoms with van der Waals surface area (Å²) in [5.41, 5.74) is 1.31. The van der Waals surface area contributed by atoms with E-state index in [2.05, 4.69) is 20.8 Å². The smallest absolute Gasteiger partial charge is 0.305 e. The number of urea groups is 1. The number of aromatic nitrogens is 4. The molecule has 4 amide bonds. The van der Waals surface area contributed by atoms with Crippen molar-refractivity contribution in [2.45, 2.75) is 88.2 Å². The number of nitriles is 1. The van der Waals surface area contributed by atoms with Gasteiger partial charge in [-0.3, -0.25) is 19.1 Å². The predicted molar refractivity (Wildman–Crippen MR) is 231 cm³/mol. The van der Waals surface area contributed by atoms with Crippen molar-refractivity contribution in [3.63, 3.8) is 0 Å². The maximum atomic E-state index is 15.7. The Morgan fingerprint density at radius 2 is 1.45 bits per heavy atom. The number of nitrogens with one attached hydrogen (secondary N) is 1. The average molecular weight is 885 g/mol. The molecule has 16 heteroatoms. The molecular weight excluding hydrogens is 841 g/mol. The fourth-order valence-corrected chi connectivity index (χ4v) is 8.55. The van der Waals surface area contributed by atoms with Gasteiger partial charge in [0.05, 0.1) is 30.2 Å². The van der Waals surface area contributed by atoms with Gasteiger partial charge >= 0.3 is 12.2 Å². The number of hydrogen-bond acceptors (Lipinski definition) is 8. The van der Waals surface area contributed by atoms with E-state index in [1.165, 1.54) is 23.1 Å². The first-order chi connectivity index (χ1) is 31.4. The van der Waals surface area contributed by atoms with Crippen molar-refractivity contribution in [1.82, 2.24) is 30.4 Å². The third kappa shape index (κ3) is 8.97. The Morgan fingerprint density at radius 3 is 2.02 bits per heavy atom. The van der Waals surface area contributed by atoms with Crippen LogP contribution in [0.1, 0.15) is 91.3 Å². The van der Waals surface area contributed by atoms with Crippen LogP contribution in [-0.4, -0.2) is 48.3 Å². The lowest BCUT2D eigenvalue weighted by Gasteiger charge is -2.42. The number of imide groups is 1. The summed E-state index contributed by atoms with van der Waals surface area (Å²) in [7, 11) is 0. The highest BCUT2D eigenvalue weighted by molar-refractivity contribution is 6.23. The third-order valence-electron chi connectivity index (χ3n) is 12.1. The monoisotopic (exact) mass is 884 g/mol. The minimum absolute atomic E-state index is 0.106. The standard InChI is InChI=1S/C49H44F4N8O4/c50-41-28-34(23-24-35(41)32-60-46(64)61(45(63)47(60)25-15-26-47)39-29-40(49(51,52)53)42(30-54)55-31-39)43-33-59(58-56-43)27-14-3-1-2-13-22-44(62)57-65-48(36-16-7-4-8-17-36,37-18-9-5-10-19-37)38-20-11-6-12-21-38/h4-12,16-21,23-24,28-29,31,33H,1-3,13-15,22,25-27,32H2,(H,57,62). The summed E-state index contributed by atoms with van der Waals surface area (Å²) in [6.07, 6.45) is 3.17. The first kappa shape index (κ1) is 44.4. The van der Waals surface area contributed by atoms with Gasteiger partial charge in [-0.05, 0) is 60.9 Å². The van der Waals surface area contributed by atoms with Crippen LogP contribution in [0.2, 0.25) is 0 Å². The van der Waals surface area contributed by atoms with Crippen molar-refractivity contribution in [3.05, 3.63) is 167 Å². The Kier molecular flexibility index (Phi) is 12.9. The zero-order valence-corrected chi connectivity index (χ0v) is 35.2. The van der Waals surface area contributed by atoms with Crippen LogP contribution in [0.15, 0.2) is 128 Å².